The molecule has 0 bridgehead atoms. The second-order valence-corrected chi connectivity index (χ2v) is 5.37. The maximum Gasteiger partial charge on any atom is 0.150 e. The predicted octanol–water partition coefficient (Wildman–Crippen LogP) is 2.78. The maximum atomic E-state index is 6.00. The summed E-state index contributed by atoms with van der Waals surface area (Å²) in [6, 6.07) is 1.90. The first kappa shape index (κ1) is 11.9. The van der Waals surface area contributed by atoms with Crippen LogP contribution in [0.1, 0.15) is 24.4 Å². The highest BCUT2D eigenvalue weighted by atomic mass is 32.1. The molecule has 0 atom stereocenters. The molecule has 90 valence electrons. The monoisotopic (exact) mass is 248 g/mol. The van der Waals surface area contributed by atoms with Crippen molar-refractivity contribution < 1.29 is 0 Å². The van der Waals surface area contributed by atoms with Crippen molar-refractivity contribution in [2.24, 2.45) is 0 Å². The number of hydrogen-bond donors (Lipinski definition) is 2. The molecule has 0 amide bonds. The number of aryl methyl sites for hydroxylation is 1. The van der Waals surface area contributed by atoms with E-state index in [1.54, 1.807) is 23.7 Å². The molecule has 0 fully saturated rings. The molecule has 2 heterocycles. The van der Waals surface area contributed by atoms with Gasteiger partial charge in [-0.15, -0.1) is 11.3 Å². The summed E-state index contributed by atoms with van der Waals surface area (Å²) in [7, 11) is 0. The Labute approximate surface area is 105 Å². The summed E-state index contributed by atoms with van der Waals surface area (Å²) in [4.78, 5) is 8.60. The predicted molar refractivity (Wildman–Crippen MR) is 72.1 cm³/mol. The van der Waals surface area contributed by atoms with Crippen LogP contribution in [0.4, 0.5) is 11.5 Å². The van der Waals surface area contributed by atoms with Gasteiger partial charge in [-0.3, -0.25) is 0 Å². The first-order valence-electron chi connectivity index (χ1n) is 5.40. The number of nitrogens with zero attached hydrogens (tertiary/aromatic N) is 2. The molecule has 4 nitrogen and oxygen atoms in total. The lowest BCUT2D eigenvalue weighted by Gasteiger charge is -2.25. The standard InChI is InChI=1S/C12H16N4S/c1-8-4-5-14-10(9(8)13)16-12(2,3)11-15-6-7-17-11/h4-7H,13H2,1-3H3,(H,14,16). The zero-order valence-corrected chi connectivity index (χ0v) is 11.0. The maximum absolute atomic E-state index is 6.00. The molecule has 0 unspecified atom stereocenters. The molecule has 0 saturated heterocycles. The van der Waals surface area contributed by atoms with E-state index in [4.69, 9.17) is 5.73 Å². The zero-order valence-electron chi connectivity index (χ0n) is 10.2. The number of nitrogen functional groups attached to an aromatic ring is 1. The van der Waals surface area contributed by atoms with Gasteiger partial charge in [0.05, 0.1) is 11.2 Å². The lowest BCUT2D eigenvalue weighted by molar-refractivity contribution is 0.601. The molecule has 0 radical (unpaired) electrons. The third-order valence-corrected chi connectivity index (χ3v) is 3.70. The molecule has 0 spiro atoms. The van der Waals surface area contributed by atoms with E-state index >= 15 is 0 Å². The molecule has 0 aliphatic carbocycles. The number of rotatable bonds is 3. The van der Waals surface area contributed by atoms with Crippen LogP contribution in [0, 0.1) is 6.92 Å². The van der Waals surface area contributed by atoms with E-state index in [1.807, 2.05) is 18.4 Å². The van der Waals surface area contributed by atoms with Crippen molar-refractivity contribution in [3.63, 3.8) is 0 Å². The van der Waals surface area contributed by atoms with Gasteiger partial charge >= 0.3 is 0 Å². The number of anilines is 2. The van der Waals surface area contributed by atoms with Crippen LogP contribution in [-0.4, -0.2) is 9.97 Å². The van der Waals surface area contributed by atoms with Crippen LogP contribution in [0.25, 0.3) is 0 Å². The Balaban J connectivity index is 2.29. The molecule has 2 aromatic rings. The van der Waals surface area contributed by atoms with Crippen molar-refractivity contribution >= 4 is 22.8 Å². The Bertz CT molecular complexity index is 505. The second-order valence-electron chi connectivity index (χ2n) is 4.48. The van der Waals surface area contributed by atoms with E-state index < -0.39 is 0 Å². The average Bonchev–Trinajstić information content (AvgIpc) is 2.78. The normalized spacial score (nSPS) is 11.5. The molecule has 0 aromatic carbocycles. The van der Waals surface area contributed by atoms with Gasteiger partial charge in [0.25, 0.3) is 0 Å². The van der Waals surface area contributed by atoms with E-state index in [9.17, 15) is 0 Å². The van der Waals surface area contributed by atoms with Crippen molar-refractivity contribution in [2.75, 3.05) is 11.1 Å². The van der Waals surface area contributed by atoms with Crippen molar-refractivity contribution in [1.29, 1.82) is 0 Å². The quantitative estimate of drug-likeness (QED) is 0.876. The Morgan fingerprint density at radius 1 is 1.29 bits per heavy atom. The van der Waals surface area contributed by atoms with Crippen LogP contribution in [0.5, 0.6) is 0 Å². The largest absolute Gasteiger partial charge is 0.396 e. The molecule has 3 N–H and O–H groups in total. The lowest BCUT2D eigenvalue weighted by atomic mass is 10.1. The summed E-state index contributed by atoms with van der Waals surface area (Å²) >= 11 is 1.62. The Morgan fingerprint density at radius 2 is 2.06 bits per heavy atom. The Morgan fingerprint density at radius 3 is 2.71 bits per heavy atom. The van der Waals surface area contributed by atoms with Gasteiger partial charge in [0.2, 0.25) is 0 Å². The summed E-state index contributed by atoms with van der Waals surface area (Å²) < 4.78 is 0. The third kappa shape index (κ3) is 2.39. The van der Waals surface area contributed by atoms with Crippen LogP contribution in [0.15, 0.2) is 23.8 Å². The minimum atomic E-state index is -0.275. The van der Waals surface area contributed by atoms with Crippen molar-refractivity contribution in [2.45, 2.75) is 26.3 Å². The van der Waals surface area contributed by atoms with Gasteiger partial charge in [0, 0.05) is 17.8 Å². The fraction of sp³-hybridized carbons (Fsp3) is 0.333. The molecular weight excluding hydrogens is 232 g/mol. The van der Waals surface area contributed by atoms with E-state index in [1.165, 1.54) is 0 Å². The highest BCUT2D eigenvalue weighted by Gasteiger charge is 2.24. The van der Waals surface area contributed by atoms with Gasteiger partial charge in [-0.2, -0.15) is 0 Å². The lowest BCUT2D eigenvalue weighted by Crippen LogP contribution is -2.28. The van der Waals surface area contributed by atoms with Crippen LogP contribution in [0.3, 0.4) is 0 Å². The summed E-state index contributed by atoms with van der Waals surface area (Å²) in [5.41, 5.74) is 7.44. The van der Waals surface area contributed by atoms with Gasteiger partial charge in [-0.05, 0) is 32.4 Å². The van der Waals surface area contributed by atoms with Crippen LogP contribution >= 0.6 is 11.3 Å². The van der Waals surface area contributed by atoms with Crippen molar-refractivity contribution in [3.05, 3.63) is 34.4 Å². The molecule has 2 rings (SSSR count). The van der Waals surface area contributed by atoms with Gasteiger partial charge < -0.3 is 11.1 Å². The number of pyridine rings is 1. The Hall–Kier alpha value is -1.62. The molecule has 5 heteroatoms. The minimum Gasteiger partial charge on any atom is -0.396 e. The van der Waals surface area contributed by atoms with Gasteiger partial charge in [0.15, 0.2) is 0 Å². The van der Waals surface area contributed by atoms with Gasteiger partial charge in [-0.1, -0.05) is 0 Å². The van der Waals surface area contributed by atoms with Crippen LogP contribution in [-0.2, 0) is 5.54 Å². The summed E-state index contributed by atoms with van der Waals surface area (Å²) in [6.07, 6.45) is 3.56. The van der Waals surface area contributed by atoms with Crippen molar-refractivity contribution in [1.82, 2.24) is 9.97 Å². The van der Waals surface area contributed by atoms with Crippen molar-refractivity contribution in [3.8, 4) is 0 Å². The molecular formula is C12H16N4S. The zero-order chi connectivity index (χ0) is 12.5. The molecule has 17 heavy (non-hydrogen) atoms. The van der Waals surface area contributed by atoms with Gasteiger partial charge in [0.1, 0.15) is 10.8 Å². The third-order valence-electron chi connectivity index (χ3n) is 2.61. The average molecular weight is 248 g/mol. The first-order valence-corrected chi connectivity index (χ1v) is 6.28. The fourth-order valence-corrected chi connectivity index (χ4v) is 2.27. The topological polar surface area (TPSA) is 63.8 Å². The molecule has 0 saturated carbocycles. The number of nitrogens with two attached hydrogens (primary N) is 1. The second kappa shape index (κ2) is 4.33. The van der Waals surface area contributed by atoms with Crippen LogP contribution < -0.4 is 11.1 Å². The SMILES string of the molecule is Cc1ccnc(NC(C)(C)c2nccs2)c1N. The molecule has 0 aliphatic rings. The van der Waals surface area contributed by atoms with E-state index in [0.717, 1.165) is 10.6 Å². The molecule has 2 aromatic heterocycles. The number of thiazole rings is 1. The van der Waals surface area contributed by atoms with E-state index in [0.29, 0.717) is 11.5 Å². The fourth-order valence-electron chi connectivity index (χ4n) is 1.55. The van der Waals surface area contributed by atoms with Crippen LogP contribution in [0.2, 0.25) is 0 Å². The summed E-state index contributed by atoms with van der Waals surface area (Å²) in [6.45, 7) is 6.10. The summed E-state index contributed by atoms with van der Waals surface area (Å²) in [5.74, 6) is 0.713. The number of hydrogen-bond acceptors (Lipinski definition) is 5. The minimum absolute atomic E-state index is 0.275. The number of aromatic nitrogens is 2. The highest BCUT2D eigenvalue weighted by Crippen LogP contribution is 2.29. The smallest absolute Gasteiger partial charge is 0.150 e. The summed E-state index contributed by atoms with van der Waals surface area (Å²) in [5, 5.41) is 6.32. The molecule has 0 aliphatic heterocycles. The van der Waals surface area contributed by atoms with E-state index in [-0.39, 0.29) is 5.54 Å². The first-order chi connectivity index (χ1) is 8.00. The highest BCUT2D eigenvalue weighted by molar-refractivity contribution is 7.09. The Kier molecular flexibility index (Phi) is 3.02. The number of nitrogens with one attached hydrogen (secondary N) is 1. The van der Waals surface area contributed by atoms with E-state index in [2.05, 4.69) is 29.1 Å². The van der Waals surface area contributed by atoms with Gasteiger partial charge in [-0.25, -0.2) is 9.97 Å².